The van der Waals surface area contributed by atoms with Gasteiger partial charge in [-0.1, -0.05) is 0 Å². The van der Waals surface area contributed by atoms with E-state index >= 15 is 0 Å². The molecule has 8 nitrogen and oxygen atoms in total. The van der Waals surface area contributed by atoms with Gasteiger partial charge >= 0.3 is 5.97 Å². The molecular formula is C17H13FN4O4. The van der Waals surface area contributed by atoms with E-state index < -0.39 is 17.7 Å². The van der Waals surface area contributed by atoms with Gasteiger partial charge < -0.3 is 20.6 Å². The number of fused-ring (bicyclic) bond motifs is 1. The quantitative estimate of drug-likeness (QED) is 0.593. The molecule has 26 heavy (non-hydrogen) atoms. The van der Waals surface area contributed by atoms with Crippen LogP contribution >= 0.6 is 0 Å². The second-order valence-electron chi connectivity index (χ2n) is 5.22. The molecule has 9 heteroatoms. The van der Waals surface area contributed by atoms with E-state index in [1.807, 2.05) is 0 Å². The molecule has 0 saturated heterocycles. The Morgan fingerprint density at radius 3 is 2.65 bits per heavy atom. The first-order chi connectivity index (χ1) is 12.5. The molecule has 0 bridgehead atoms. The lowest BCUT2D eigenvalue weighted by Crippen LogP contribution is -2.25. The van der Waals surface area contributed by atoms with Gasteiger partial charge in [0, 0.05) is 24.0 Å². The topological polar surface area (TPSA) is 131 Å². The number of hydrogen-bond acceptors (Lipinski definition) is 6. The number of carboxylic acids is 1. The highest BCUT2D eigenvalue weighted by molar-refractivity contribution is 6.18. The second kappa shape index (κ2) is 7.01. The lowest BCUT2D eigenvalue weighted by atomic mass is 10.1. The average Bonchev–Trinajstić information content (AvgIpc) is 3.03. The number of furan rings is 1. The van der Waals surface area contributed by atoms with Crippen molar-refractivity contribution in [1.82, 2.24) is 15.3 Å². The Morgan fingerprint density at radius 1 is 1.27 bits per heavy atom. The van der Waals surface area contributed by atoms with Gasteiger partial charge in [0.2, 0.25) is 0 Å². The van der Waals surface area contributed by atoms with Crippen molar-refractivity contribution in [3.63, 3.8) is 0 Å². The van der Waals surface area contributed by atoms with Gasteiger partial charge in [-0.05, 0) is 24.3 Å². The Balaban J connectivity index is 1.80. The van der Waals surface area contributed by atoms with Gasteiger partial charge in [-0.3, -0.25) is 4.79 Å². The van der Waals surface area contributed by atoms with Crippen LogP contribution in [0.5, 0.6) is 0 Å². The summed E-state index contributed by atoms with van der Waals surface area (Å²) in [6.07, 6.45) is 4.03. The van der Waals surface area contributed by atoms with E-state index in [-0.39, 0.29) is 40.2 Å². The summed E-state index contributed by atoms with van der Waals surface area (Å²) in [4.78, 5) is 31.4. The van der Waals surface area contributed by atoms with E-state index in [0.29, 0.717) is 0 Å². The van der Waals surface area contributed by atoms with Gasteiger partial charge in [-0.15, -0.1) is 0 Å². The number of nitrogens with zero attached hydrogens (tertiary/aromatic N) is 2. The third-order valence-corrected chi connectivity index (χ3v) is 3.50. The predicted molar refractivity (Wildman–Crippen MR) is 89.2 cm³/mol. The molecule has 2 heterocycles. The van der Waals surface area contributed by atoms with E-state index in [0.717, 1.165) is 18.3 Å². The predicted octanol–water partition coefficient (Wildman–Crippen LogP) is 1.68. The van der Waals surface area contributed by atoms with Gasteiger partial charge in [0.25, 0.3) is 5.91 Å². The van der Waals surface area contributed by atoms with E-state index in [4.69, 9.17) is 15.3 Å². The summed E-state index contributed by atoms with van der Waals surface area (Å²) in [5, 5.41) is 12.0. The monoisotopic (exact) mass is 356 g/mol. The number of benzene rings is 1. The fourth-order valence-corrected chi connectivity index (χ4v) is 2.37. The number of nitrogens with one attached hydrogen (secondary N) is 1. The summed E-state index contributed by atoms with van der Waals surface area (Å²) < 4.78 is 19.0. The number of nitrogens with two attached hydrogens (primary N) is 1. The summed E-state index contributed by atoms with van der Waals surface area (Å²) in [7, 11) is 0. The van der Waals surface area contributed by atoms with E-state index in [9.17, 15) is 14.0 Å². The Kier molecular flexibility index (Phi) is 4.61. The van der Waals surface area contributed by atoms with E-state index in [2.05, 4.69) is 15.3 Å². The fraction of sp³-hybridized carbons (Fsp3) is 0.0588. The number of carboxylic acid groups (broad SMARTS) is 1. The molecule has 1 amide bonds. The number of carbonyl (C=O) groups excluding carboxylic acids is 1. The highest BCUT2D eigenvalue weighted by atomic mass is 19.1. The number of aromatic carboxylic acids is 1. The summed E-state index contributed by atoms with van der Waals surface area (Å²) in [6, 6.07) is 5.08. The second-order valence-corrected chi connectivity index (χ2v) is 5.22. The number of aromatic nitrogens is 2. The molecule has 3 rings (SSSR count). The number of halogens is 1. The number of carbonyl (C=O) groups is 2. The highest BCUT2D eigenvalue weighted by Gasteiger charge is 2.18. The Labute approximate surface area is 146 Å². The molecule has 0 fully saturated rings. The first kappa shape index (κ1) is 17.1. The van der Waals surface area contributed by atoms with Crippen LogP contribution in [0.4, 0.5) is 4.39 Å². The van der Waals surface area contributed by atoms with Crippen LogP contribution in [0, 0.1) is 5.82 Å². The van der Waals surface area contributed by atoms with Crippen LogP contribution in [0.25, 0.3) is 16.5 Å². The molecule has 2 aromatic heterocycles. The fourth-order valence-electron chi connectivity index (χ4n) is 2.37. The van der Waals surface area contributed by atoms with Gasteiger partial charge in [-0.25, -0.2) is 19.2 Å². The third kappa shape index (κ3) is 3.36. The van der Waals surface area contributed by atoms with Crippen molar-refractivity contribution >= 4 is 28.4 Å². The molecule has 4 N–H and O–H groups in total. The molecule has 0 spiro atoms. The Bertz CT molecular complexity index is 1010. The zero-order valence-corrected chi connectivity index (χ0v) is 13.3. The van der Waals surface area contributed by atoms with Crippen LogP contribution in [-0.2, 0) is 11.3 Å². The maximum Gasteiger partial charge on any atom is 0.339 e. The zero-order chi connectivity index (χ0) is 18.7. The molecule has 0 saturated carbocycles. The molecule has 0 atom stereocenters. The highest BCUT2D eigenvalue weighted by Crippen LogP contribution is 2.25. The molecule has 0 radical (unpaired) electrons. The number of amides is 1. The Hall–Kier alpha value is -3.75. The Morgan fingerprint density at radius 2 is 2.00 bits per heavy atom. The van der Waals surface area contributed by atoms with Crippen LogP contribution in [-0.4, -0.2) is 27.0 Å². The molecule has 0 aliphatic carbocycles. The van der Waals surface area contributed by atoms with Gasteiger partial charge in [-0.2, -0.15) is 0 Å². The zero-order valence-electron chi connectivity index (χ0n) is 13.3. The van der Waals surface area contributed by atoms with E-state index in [1.54, 1.807) is 6.07 Å². The van der Waals surface area contributed by atoms with Crippen LogP contribution in [0.3, 0.4) is 0 Å². The normalized spacial score (nSPS) is 11.5. The first-order valence-corrected chi connectivity index (χ1v) is 7.42. The van der Waals surface area contributed by atoms with Crippen LogP contribution in [0.2, 0.25) is 0 Å². The number of hydrogen-bond donors (Lipinski definition) is 3. The smallest absolute Gasteiger partial charge is 0.339 e. The molecule has 0 aliphatic heterocycles. The van der Waals surface area contributed by atoms with Crippen molar-refractivity contribution in [2.24, 2.45) is 5.73 Å². The molecule has 0 aliphatic rings. The van der Waals surface area contributed by atoms with Crippen LogP contribution < -0.4 is 11.1 Å². The van der Waals surface area contributed by atoms with Crippen LogP contribution in [0.15, 0.2) is 47.3 Å². The SMILES string of the molecule is N/C=C(/C(=O)NCc1cc2cc(F)cc(C(=O)O)c2o1)c1ncccn1. The summed E-state index contributed by atoms with van der Waals surface area (Å²) >= 11 is 0. The lowest BCUT2D eigenvalue weighted by Gasteiger charge is -2.05. The van der Waals surface area contributed by atoms with Gasteiger partial charge in [0.1, 0.15) is 22.7 Å². The van der Waals surface area contributed by atoms with Crippen LogP contribution in [0.1, 0.15) is 21.9 Å². The standard InChI is InChI=1S/C17H13FN4O4/c18-10-4-9-5-11(26-14(9)12(6-10)17(24)25)8-22-16(23)13(7-19)15-20-2-1-3-21-15/h1-7H,8,19H2,(H,22,23)(H,24,25)/b13-7+. The molecular weight excluding hydrogens is 343 g/mol. The number of rotatable bonds is 5. The molecule has 3 aromatic rings. The van der Waals surface area contributed by atoms with Gasteiger partial charge in [0.05, 0.1) is 12.1 Å². The minimum absolute atomic E-state index is 0.0316. The van der Waals surface area contributed by atoms with Crippen molar-refractivity contribution < 1.29 is 23.5 Å². The van der Waals surface area contributed by atoms with Crippen molar-refractivity contribution in [2.75, 3.05) is 0 Å². The minimum atomic E-state index is -1.31. The molecule has 1 aromatic carbocycles. The lowest BCUT2D eigenvalue weighted by molar-refractivity contribution is -0.115. The van der Waals surface area contributed by atoms with E-state index in [1.165, 1.54) is 18.5 Å². The van der Waals surface area contributed by atoms with Crippen molar-refractivity contribution in [2.45, 2.75) is 6.54 Å². The third-order valence-electron chi connectivity index (χ3n) is 3.50. The maximum absolute atomic E-state index is 13.5. The first-order valence-electron chi connectivity index (χ1n) is 7.42. The molecule has 132 valence electrons. The average molecular weight is 356 g/mol. The van der Waals surface area contributed by atoms with Crippen molar-refractivity contribution in [3.8, 4) is 0 Å². The van der Waals surface area contributed by atoms with Gasteiger partial charge in [0.15, 0.2) is 5.82 Å². The van der Waals surface area contributed by atoms with Crippen molar-refractivity contribution in [3.05, 3.63) is 65.8 Å². The minimum Gasteiger partial charge on any atom is -0.478 e. The largest absolute Gasteiger partial charge is 0.478 e. The summed E-state index contributed by atoms with van der Waals surface area (Å²) in [5.74, 6) is -2.13. The molecule has 0 unspecified atom stereocenters. The summed E-state index contributed by atoms with van der Waals surface area (Å²) in [5.41, 5.74) is 5.28. The summed E-state index contributed by atoms with van der Waals surface area (Å²) in [6.45, 7) is -0.0572. The maximum atomic E-state index is 13.5. The van der Waals surface area contributed by atoms with Crippen molar-refractivity contribution in [1.29, 1.82) is 0 Å².